The Balaban J connectivity index is 0. The molecule has 3 nitrogen and oxygen atoms in total. The van der Waals surface area contributed by atoms with Crippen molar-refractivity contribution in [2.75, 3.05) is 0 Å². The molecule has 0 spiro atoms. The Bertz CT molecular complexity index is 120. The Morgan fingerprint density at radius 2 is 1.42 bits per heavy atom. The zero-order valence-electron chi connectivity index (χ0n) is 8.22. The number of ether oxygens (including phenoxy) is 1. The molecule has 0 N–H and O–H groups in total. The van der Waals surface area contributed by atoms with E-state index in [1.165, 1.54) is 24.4 Å². The van der Waals surface area contributed by atoms with E-state index in [0.717, 1.165) is 15.2 Å². The van der Waals surface area contributed by atoms with Crippen molar-refractivity contribution in [3.63, 3.8) is 0 Å². The molecule has 0 aliphatic rings. The third kappa shape index (κ3) is 22.6. The Kier molecular flexibility index (Phi) is 12.6. The minimum absolute atomic E-state index is 0.562. The summed E-state index contributed by atoms with van der Waals surface area (Å²) in [4.78, 5) is 19.6. The van der Waals surface area contributed by atoms with Crippen LogP contribution in [0, 0.1) is 0 Å². The number of esters is 2. The van der Waals surface area contributed by atoms with Crippen LogP contribution >= 0.6 is 0 Å². The van der Waals surface area contributed by atoms with Gasteiger partial charge in [-0.25, -0.2) is 0 Å². The Labute approximate surface area is 80.2 Å². The van der Waals surface area contributed by atoms with E-state index in [1.54, 1.807) is 0 Å². The lowest BCUT2D eigenvalue weighted by atomic mass is 10.7. The smallest absolute Gasteiger partial charge is 0.310 e. The molecule has 0 heterocycles. The standard InChI is InChI=1S/C4H6O3.2C2H5.Al/c1-3(5)7-4(2)6;2*1-2;/h1-2H3;2*1H2,2H3;. The Hall–Kier alpha value is -0.328. The molecular formula is C8H16AlO3. The zero-order valence-corrected chi connectivity index (χ0v) is 9.37. The van der Waals surface area contributed by atoms with Gasteiger partial charge in [-0.2, -0.15) is 0 Å². The highest BCUT2D eigenvalue weighted by Crippen LogP contribution is 1.77. The van der Waals surface area contributed by atoms with Crippen LogP contribution in [0.5, 0.6) is 0 Å². The van der Waals surface area contributed by atoms with Crippen LogP contribution in [0.15, 0.2) is 0 Å². The van der Waals surface area contributed by atoms with Crippen molar-refractivity contribution in [2.45, 2.75) is 38.3 Å². The van der Waals surface area contributed by atoms with Crippen LogP contribution in [-0.4, -0.2) is 27.2 Å². The third-order valence-electron chi connectivity index (χ3n) is 0.865. The molecule has 0 unspecified atom stereocenters. The lowest BCUT2D eigenvalue weighted by molar-refractivity contribution is -0.156. The fourth-order valence-corrected chi connectivity index (χ4v) is 1.07. The fourth-order valence-electron chi connectivity index (χ4n) is 0.491. The first kappa shape index (κ1) is 14.2. The first-order valence-electron chi connectivity index (χ1n) is 4.05. The Morgan fingerprint density at radius 3 is 1.42 bits per heavy atom. The predicted octanol–water partition coefficient (Wildman–Crippen LogP) is 1.66. The van der Waals surface area contributed by atoms with Gasteiger partial charge in [-0.1, -0.05) is 13.8 Å². The van der Waals surface area contributed by atoms with Gasteiger partial charge in [0.1, 0.15) is 0 Å². The van der Waals surface area contributed by atoms with Crippen molar-refractivity contribution in [3.05, 3.63) is 0 Å². The topological polar surface area (TPSA) is 43.4 Å². The summed E-state index contributed by atoms with van der Waals surface area (Å²) in [6, 6.07) is 0. The van der Waals surface area contributed by atoms with Gasteiger partial charge in [0.25, 0.3) is 0 Å². The van der Waals surface area contributed by atoms with E-state index in [1.807, 2.05) is 0 Å². The van der Waals surface area contributed by atoms with Crippen molar-refractivity contribution in [1.82, 2.24) is 0 Å². The fraction of sp³-hybridized carbons (Fsp3) is 0.750. The van der Waals surface area contributed by atoms with Gasteiger partial charge in [0.15, 0.2) is 15.2 Å². The molecule has 0 aromatic rings. The van der Waals surface area contributed by atoms with E-state index in [4.69, 9.17) is 0 Å². The van der Waals surface area contributed by atoms with Crippen LogP contribution in [0.25, 0.3) is 0 Å². The van der Waals surface area contributed by atoms with E-state index in [2.05, 4.69) is 18.6 Å². The minimum Gasteiger partial charge on any atom is -0.394 e. The second-order valence-electron chi connectivity index (χ2n) is 2.19. The van der Waals surface area contributed by atoms with Gasteiger partial charge in [-0.15, -0.1) is 10.6 Å². The number of hydrogen-bond acceptors (Lipinski definition) is 3. The molecule has 0 fully saturated rings. The predicted molar refractivity (Wildman–Crippen MR) is 49.2 cm³/mol. The van der Waals surface area contributed by atoms with Gasteiger partial charge >= 0.3 is 11.9 Å². The van der Waals surface area contributed by atoms with E-state index in [9.17, 15) is 9.59 Å². The first-order chi connectivity index (χ1) is 5.54. The molecule has 69 valence electrons. The molecular weight excluding hydrogens is 171 g/mol. The lowest BCUT2D eigenvalue weighted by Gasteiger charge is -1.87. The average Bonchev–Trinajstić information content (AvgIpc) is 1.87. The number of carbonyl (C=O) groups excluding carboxylic acids is 2. The van der Waals surface area contributed by atoms with E-state index >= 15 is 0 Å². The van der Waals surface area contributed by atoms with Gasteiger partial charge in [0.2, 0.25) is 0 Å². The average molecular weight is 187 g/mol. The largest absolute Gasteiger partial charge is 0.394 e. The number of carbonyl (C=O) groups is 2. The van der Waals surface area contributed by atoms with E-state index < -0.39 is 11.9 Å². The molecule has 0 rings (SSSR count). The third-order valence-corrected chi connectivity index (χ3v) is 2.02. The molecule has 0 bridgehead atoms. The van der Waals surface area contributed by atoms with Crippen LogP contribution in [0.4, 0.5) is 0 Å². The van der Waals surface area contributed by atoms with Crippen LogP contribution < -0.4 is 0 Å². The molecule has 12 heavy (non-hydrogen) atoms. The summed E-state index contributed by atoms with van der Waals surface area (Å²) in [6.45, 7) is 6.86. The summed E-state index contributed by atoms with van der Waals surface area (Å²) in [5, 5.41) is 2.85. The highest BCUT2D eigenvalue weighted by molar-refractivity contribution is 6.34. The van der Waals surface area contributed by atoms with Crippen LogP contribution in [0.2, 0.25) is 10.6 Å². The maximum Gasteiger partial charge on any atom is 0.310 e. The van der Waals surface area contributed by atoms with Crippen LogP contribution in [-0.2, 0) is 14.3 Å². The SMILES string of the molecule is CC(=O)OC(C)=O.C[CH2][Al][CH2]C. The lowest BCUT2D eigenvalue weighted by Crippen LogP contribution is -2.03. The molecule has 0 aromatic carbocycles. The maximum absolute atomic E-state index is 9.81. The summed E-state index contributed by atoms with van der Waals surface area (Å²) in [7, 11) is 0. The Morgan fingerprint density at radius 1 is 1.08 bits per heavy atom. The quantitative estimate of drug-likeness (QED) is 0.375. The summed E-state index contributed by atoms with van der Waals surface area (Å²) in [6.07, 6.45) is 0. The number of hydrogen-bond donors (Lipinski definition) is 0. The highest BCUT2D eigenvalue weighted by Gasteiger charge is 1.93. The second kappa shape index (κ2) is 10.7. The molecule has 1 radical (unpaired) electrons. The van der Waals surface area contributed by atoms with Crippen LogP contribution in [0.3, 0.4) is 0 Å². The first-order valence-corrected chi connectivity index (χ1v) is 5.68. The zero-order chi connectivity index (χ0) is 9.98. The van der Waals surface area contributed by atoms with Crippen molar-refractivity contribution in [1.29, 1.82) is 0 Å². The molecule has 0 aromatic heterocycles. The van der Waals surface area contributed by atoms with Crippen molar-refractivity contribution >= 4 is 27.2 Å². The monoisotopic (exact) mass is 187 g/mol. The maximum atomic E-state index is 9.81. The summed E-state index contributed by atoms with van der Waals surface area (Å²) < 4.78 is 3.97. The molecule has 0 aliphatic heterocycles. The molecule has 0 aliphatic carbocycles. The van der Waals surface area contributed by atoms with Crippen molar-refractivity contribution in [2.24, 2.45) is 0 Å². The normalized spacial score (nSPS) is 7.67. The van der Waals surface area contributed by atoms with Crippen LogP contribution in [0.1, 0.15) is 27.7 Å². The summed E-state index contributed by atoms with van der Waals surface area (Å²) >= 11 is 0.815. The molecule has 4 heteroatoms. The van der Waals surface area contributed by atoms with Gasteiger partial charge in [0, 0.05) is 13.8 Å². The van der Waals surface area contributed by atoms with E-state index in [-0.39, 0.29) is 0 Å². The van der Waals surface area contributed by atoms with Gasteiger partial charge in [-0.3, -0.25) is 9.59 Å². The number of rotatable bonds is 2. The minimum atomic E-state index is -0.562. The second-order valence-corrected chi connectivity index (χ2v) is 4.40. The van der Waals surface area contributed by atoms with Crippen molar-refractivity contribution < 1.29 is 14.3 Å². The van der Waals surface area contributed by atoms with Gasteiger partial charge in [-0.05, 0) is 0 Å². The highest BCUT2D eigenvalue weighted by atomic mass is 27.1. The van der Waals surface area contributed by atoms with Gasteiger partial charge < -0.3 is 4.74 Å². The molecule has 0 amide bonds. The molecule has 0 atom stereocenters. The van der Waals surface area contributed by atoms with E-state index in [0.29, 0.717) is 0 Å². The molecule has 0 saturated heterocycles. The summed E-state index contributed by atoms with van der Waals surface area (Å²) in [5.74, 6) is -1.12. The molecule has 0 saturated carbocycles. The van der Waals surface area contributed by atoms with Gasteiger partial charge in [0.05, 0.1) is 0 Å². The summed E-state index contributed by atoms with van der Waals surface area (Å²) in [5.41, 5.74) is 0. The van der Waals surface area contributed by atoms with Crippen molar-refractivity contribution in [3.8, 4) is 0 Å².